The van der Waals surface area contributed by atoms with Crippen LogP contribution in [-0.4, -0.2) is 29.8 Å². The van der Waals surface area contributed by atoms with E-state index < -0.39 is 0 Å². The number of carbonyl (C=O) groups excluding carboxylic acids is 1. The van der Waals surface area contributed by atoms with Gasteiger partial charge in [-0.3, -0.25) is 5.32 Å². The summed E-state index contributed by atoms with van der Waals surface area (Å²) in [7, 11) is 0. The van der Waals surface area contributed by atoms with E-state index in [-0.39, 0.29) is 11.6 Å². The predicted molar refractivity (Wildman–Crippen MR) is 92.9 cm³/mol. The van der Waals surface area contributed by atoms with Gasteiger partial charge >= 0.3 is 6.03 Å². The summed E-state index contributed by atoms with van der Waals surface area (Å²) in [5.41, 5.74) is 1.69. The first-order valence-corrected chi connectivity index (χ1v) is 8.57. The summed E-state index contributed by atoms with van der Waals surface area (Å²) in [6.45, 7) is 5.35. The molecule has 1 aliphatic rings. The van der Waals surface area contributed by atoms with Crippen LogP contribution in [0.3, 0.4) is 0 Å². The van der Waals surface area contributed by atoms with E-state index in [0.717, 1.165) is 34.1 Å². The fraction of sp³-hybridized carbons (Fsp3) is 0.412. The van der Waals surface area contributed by atoms with Crippen molar-refractivity contribution in [1.82, 2.24) is 10.3 Å². The van der Waals surface area contributed by atoms with Crippen molar-refractivity contribution >= 4 is 22.4 Å². The molecule has 122 valence electrons. The SMILES string of the molecule is Cc1nc(-c2ccccc2)sc1NC(=O)NC1(C)CCOCC1. The maximum absolute atomic E-state index is 12.3. The number of amides is 2. The molecular weight excluding hydrogens is 310 g/mol. The Balaban J connectivity index is 1.68. The molecule has 5 nitrogen and oxygen atoms in total. The number of hydrogen-bond donors (Lipinski definition) is 2. The molecule has 2 amide bonds. The van der Waals surface area contributed by atoms with E-state index in [0.29, 0.717) is 13.2 Å². The number of rotatable bonds is 3. The molecule has 2 aromatic rings. The first-order valence-electron chi connectivity index (χ1n) is 7.75. The minimum absolute atomic E-state index is 0.180. The monoisotopic (exact) mass is 331 g/mol. The number of urea groups is 1. The Hall–Kier alpha value is -1.92. The van der Waals surface area contributed by atoms with Crippen LogP contribution in [0, 0.1) is 6.92 Å². The van der Waals surface area contributed by atoms with Crippen LogP contribution in [0.1, 0.15) is 25.5 Å². The fourth-order valence-corrected chi connectivity index (χ4v) is 3.54. The number of thiazole rings is 1. The molecule has 0 spiro atoms. The standard InChI is InChI=1S/C17H21N3O2S/c1-12-14(23-15(18-12)13-6-4-3-5-7-13)19-16(21)20-17(2)8-10-22-11-9-17/h3-7H,8-11H2,1-2H3,(H2,19,20,21). The molecule has 0 atom stereocenters. The fourth-order valence-electron chi connectivity index (χ4n) is 2.57. The van der Waals surface area contributed by atoms with Gasteiger partial charge in [-0.2, -0.15) is 0 Å². The number of carbonyl (C=O) groups is 1. The van der Waals surface area contributed by atoms with Gasteiger partial charge in [0.05, 0.1) is 5.69 Å². The molecule has 2 heterocycles. The van der Waals surface area contributed by atoms with Gasteiger partial charge in [0, 0.05) is 24.3 Å². The largest absolute Gasteiger partial charge is 0.381 e. The minimum Gasteiger partial charge on any atom is -0.381 e. The maximum Gasteiger partial charge on any atom is 0.320 e. The van der Waals surface area contributed by atoms with Crippen molar-refractivity contribution in [2.45, 2.75) is 32.2 Å². The summed E-state index contributed by atoms with van der Waals surface area (Å²) in [6, 6.07) is 9.80. The summed E-state index contributed by atoms with van der Waals surface area (Å²) in [5.74, 6) is 0. The number of nitrogens with zero attached hydrogens (tertiary/aromatic N) is 1. The lowest BCUT2D eigenvalue weighted by atomic mass is 9.93. The van der Waals surface area contributed by atoms with Gasteiger partial charge in [-0.05, 0) is 26.7 Å². The summed E-state index contributed by atoms with van der Waals surface area (Å²) < 4.78 is 5.36. The lowest BCUT2D eigenvalue weighted by Gasteiger charge is -2.34. The molecule has 1 aromatic carbocycles. The highest BCUT2D eigenvalue weighted by Crippen LogP contribution is 2.31. The lowest BCUT2D eigenvalue weighted by Crippen LogP contribution is -2.51. The Morgan fingerprint density at radius 3 is 2.65 bits per heavy atom. The van der Waals surface area contributed by atoms with Gasteiger partial charge in [-0.15, -0.1) is 0 Å². The number of anilines is 1. The van der Waals surface area contributed by atoms with Crippen LogP contribution in [-0.2, 0) is 4.74 Å². The number of aromatic nitrogens is 1. The topological polar surface area (TPSA) is 63.2 Å². The second-order valence-electron chi connectivity index (χ2n) is 6.05. The van der Waals surface area contributed by atoms with Gasteiger partial charge < -0.3 is 10.1 Å². The third kappa shape index (κ3) is 3.89. The zero-order valence-electron chi connectivity index (χ0n) is 13.4. The highest BCUT2D eigenvalue weighted by atomic mass is 32.1. The molecular formula is C17H21N3O2S. The highest BCUT2D eigenvalue weighted by molar-refractivity contribution is 7.19. The average Bonchev–Trinajstić information content (AvgIpc) is 2.89. The van der Waals surface area contributed by atoms with Gasteiger partial charge in [0.1, 0.15) is 10.0 Å². The van der Waals surface area contributed by atoms with Crippen molar-refractivity contribution in [1.29, 1.82) is 0 Å². The van der Waals surface area contributed by atoms with Crippen molar-refractivity contribution in [2.24, 2.45) is 0 Å². The van der Waals surface area contributed by atoms with E-state index in [1.54, 1.807) is 0 Å². The van der Waals surface area contributed by atoms with E-state index in [2.05, 4.69) is 22.5 Å². The van der Waals surface area contributed by atoms with E-state index in [4.69, 9.17) is 4.74 Å². The molecule has 1 saturated heterocycles. The van der Waals surface area contributed by atoms with Crippen LogP contribution in [0.25, 0.3) is 10.6 Å². The van der Waals surface area contributed by atoms with Gasteiger partial charge in [-0.25, -0.2) is 9.78 Å². The van der Waals surface area contributed by atoms with Gasteiger partial charge in [0.15, 0.2) is 0 Å². The normalized spacial score (nSPS) is 16.8. The van der Waals surface area contributed by atoms with Crippen molar-refractivity contribution < 1.29 is 9.53 Å². The third-order valence-corrected chi connectivity index (χ3v) is 5.18. The number of aryl methyl sites for hydroxylation is 1. The highest BCUT2D eigenvalue weighted by Gasteiger charge is 2.29. The van der Waals surface area contributed by atoms with E-state index in [1.807, 2.05) is 37.3 Å². The Morgan fingerprint density at radius 2 is 1.96 bits per heavy atom. The molecule has 0 saturated carbocycles. The van der Waals surface area contributed by atoms with Crippen molar-refractivity contribution in [3.05, 3.63) is 36.0 Å². The van der Waals surface area contributed by atoms with Crippen LogP contribution >= 0.6 is 11.3 Å². The molecule has 1 aliphatic heterocycles. The van der Waals surface area contributed by atoms with Gasteiger partial charge in [0.25, 0.3) is 0 Å². The van der Waals surface area contributed by atoms with Gasteiger partial charge in [-0.1, -0.05) is 41.7 Å². The quantitative estimate of drug-likeness (QED) is 0.899. The maximum atomic E-state index is 12.3. The van der Waals surface area contributed by atoms with E-state index in [9.17, 15) is 4.79 Å². The first kappa shape index (κ1) is 16.0. The molecule has 2 N–H and O–H groups in total. The molecule has 3 rings (SSSR count). The molecule has 1 fully saturated rings. The second kappa shape index (κ2) is 6.68. The molecule has 6 heteroatoms. The molecule has 0 radical (unpaired) electrons. The molecule has 1 aromatic heterocycles. The van der Waals surface area contributed by atoms with Crippen LogP contribution in [0.2, 0.25) is 0 Å². The smallest absolute Gasteiger partial charge is 0.320 e. The third-order valence-electron chi connectivity index (χ3n) is 4.06. The van der Waals surface area contributed by atoms with Crippen LogP contribution < -0.4 is 10.6 Å². The Kier molecular flexibility index (Phi) is 4.63. The van der Waals surface area contributed by atoms with Crippen molar-refractivity contribution in [3.8, 4) is 10.6 Å². The second-order valence-corrected chi connectivity index (χ2v) is 7.05. The molecule has 23 heavy (non-hydrogen) atoms. The zero-order valence-corrected chi connectivity index (χ0v) is 14.2. The Labute approximate surface area is 140 Å². The Bertz CT molecular complexity index is 678. The summed E-state index contributed by atoms with van der Waals surface area (Å²) >= 11 is 1.49. The van der Waals surface area contributed by atoms with E-state index in [1.165, 1.54) is 11.3 Å². The number of hydrogen-bond acceptors (Lipinski definition) is 4. The first-order chi connectivity index (χ1) is 11.1. The summed E-state index contributed by atoms with van der Waals surface area (Å²) in [5, 5.41) is 7.71. The van der Waals surface area contributed by atoms with Crippen LogP contribution in [0.4, 0.5) is 9.80 Å². The van der Waals surface area contributed by atoms with E-state index >= 15 is 0 Å². The van der Waals surface area contributed by atoms with Crippen molar-refractivity contribution in [3.63, 3.8) is 0 Å². The van der Waals surface area contributed by atoms with Crippen LogP contribution in [0.15, 0.2) is 30.3 Å². The summed E-state index contributed by atoms with van der Waals surface area (Å²) in [4.78, 5) is 16.9. The molecule has 0 aliphatic carbocycles. The van der Waals surface area contributed by atoms with Gasteiger partial charge in [0.2, 0.25) is 0 Å². The number of ether oxygens (including phenoxy) is 1. The Morgan fingerprint density at radius 1 is 1.26 bits per heavy atom. The zero-order chi connectivity index (χ0) is 16.3. The summed E-state index contributed by atoms with van der Waals surface area (Å²) in [6.07, 6.45) is 1.66. The number of benzene rings is 1. The minimum atomic E-state index is -0.205. The molecule has 0 unspecified atom stereocenters. The predicted octanol–water partition coefficient (Wildman–Crippen LogP) is 3.81. The molecule has 0 bridgehead atoms. The number of nitrogens with one attached hydrogen (secondary N) is 2. The van der Waals surface area contributed by atoms with Crippen molar-refractivity contribution in [2.75, 3.05) is 18.5 Å². The lowest BCUT2D eigenvalue weighted by molar-refractivity contribution is 0.0500. The average molecular weight is 331 g/mol. The van der Waals surface area contributed by atoms with Crippen LogP contribution in [0.5, 0.6) is 0 Å².